The van der Waals surface area contributed by atoms with Crippen molar-refractivity contribution in [3.8, 4) is 11.4 Å². The van der Waals surface area contributed by atoms with Crippen molar-refractivity contribution in [2.45, 2.75) is 31.7 Å². The van der Waals surface area contributed by atoms with Gasteiger partial charge in [-0.25, -0.2) is 4.39 Å². The van der Waals surface area contributed by atoms with Gasteiger partial charge in [0, 0.05) is 16.6 Å². The molecule has 1 aromatic heterocycles. The molecule has 6 heteroatoms. The van der Waals surface area contributed by atoms with Crippen LogP contribution in [-0.2, 0) is 0 Å². The molecule has 1 saturated carbocycles. The average molecular weight is 440 g/mol. The van der Waals surface area contributed by atoms with E-state index in [1.54, 1.807) is 12.1 Å². The molecule has 4 rings (SSSR count). The molecule has 1 unspecified atom stereocenters. The molecule has 162 valence electrons. The lowest BCUT2D eigenvalue weighted by Gasteiger charge is -2.37. The summed E-state index contributed by atoms with van der Waals surface area (Å²) in [6.45, 7) is 0. The SMILES string of the molecule is CN(C)C(c1cccc(F)c1)C1CCC(C=Cc2nc(-c3cccc(Cl)c3)no2)CC1. The highest BCUT2D eigenvalue weighted by Gasteiger charge is 2.29. The summed E-state index contributed by atoms with van der Waals surface area (Å²) in [5, 5.41) is 4.70. The van der Waals surface area contributed by atoms with Gasteiger partial charge in [-0.2, -0.15) is 4.98 Å². The average Bonchev–Trinajstić information content (AvgIpc) is 3.22. The molecule has 2 aromatic carbocycles. The summed E-state index contributed by atoms with van der Waals surface area (Å²) in [5.41, 5.74) is 1.90. The van der Waals surface area contributed by atoms with Crippen molar-refractivity contribution < 1.29 is 8.91 Å². The Balaban J connectivity index is 1.37. The topological polar surface area (TPSA) is 42.2 Å². The third-order valence-electron chi connectivity index (χ3n) is 6.05. The van der Waals surface area contributed by atoms with Crippen LogP contribution in [0.5, 0.6) is 0 Å². The van der Waals surface area contributed by atoms with Crippen LogP contribution >= 0.6 is 11.6 Å². The zero-order valence-corrected chi connectivity index (χ0v) is 18.6. The molecule has 0 bridgehead atoms. The van der Waals surface area contributed by atoms with E-state index in [1.807, 2.05) is 36.4 Å². The van der Waals surface area contributed by atoms with Crippen LogP contribution in [0.2, 0.25) is 5.02 Å². The number of nitrogens with zero attached hydrogens (tertiary/aromatic N) is 3. The summed E-state index contributed by atoms with van der Waals surface area (Å²) in [5.74, 6) is 1.86. The molecular weight excluding hydrogens is 413 g/mol. The van der Waals surface area contributed by atoms with Gasteiger partial charge in [0.05, 0.1) is 0 Å². The van der Waals surface area contributed by atoms with Crippen LogP contribution in [0.1, 0.15) is 43.2 Å². The Morgan fingerprint density at radius 1 is 1.10 bits per heavy atom. The van der Waals surface area contributed by atoms with Gasteiger partial charge in [-0.15, -0.1) is 0 Å². The molecule has 0 radical (unpaired) electrons. The van der Waals surface area contributed by atoms with Crippen LogP contribution in [-0.4, -0.2) is 29.1 Å². The van der Waals surface area contributed by atoms with Crippen LogP contribution < -0.4 is 0 Å². The Hall–Kier alpha value is -2.50. The lowest BCUT2D eigenvalue weighted by atomic mass is 9.76. The van der Waals surface area contributed by atoms with E-state index in [0.29, 0.717) is 28.6 Å². The van der Waals surface area contributed by atoms with E-state index < -0.39 is 0 Å². The maximum absolute atomic E-state index is 13.8. The summed E-state index contributed by atoms with van der Waals surface area (Å²) >= 11 is 6.04. The fourth-order valence-electron chi connectivity index (χ4n) is 4.60. The first-order valence-corrected chi connectivity index (χ1v) is 11.1. The van der Waals surface area contributed by atoms with Gasteiger partial charge in [0.2, 0.25) is 5.82 Å². The fraction of sp³-hybridized carbons (Fsp3) is 0.360. The number of aromatic nitrogens is 2. The van der Waals surface area contributed by atoms with Crippen molar-refractivity contribution in [3.05, 3.63) is 76.9 Å². The van der Waals surface area contributed by atoms with E-state index in [1.165, 1.54) is 6.07 Å². The number of hydrogen-bond donors (Lipinski definition) is 0. The van der Waals surface area contributed by atoms with Crippen molar-refractivity contribution in [3.63, 3.8) is 0 Å². The minimum atomic E-state index is -0.169. The summed E-state index contributed by atoms with van der Waals surface area (Å²) in [4.78, 5) is 6.67. The first kappa shape index (κ1) is 21.7. The molecule has 1 fully saturated rings. The Morgan fingerprint density at radius 3 is 2.58 bits per heavy atom. The van der Waals surface area contributed by atoms with Crippen LogP contribution in [0, 0.1) is 17.7 Å². The van der Waals surface area contributed by atoms with Gasteiger partial charge in [-0.3, -0.25) is 0 Å². The van der Waals surface area contributed by atoms with E-state index in [-0.39, 0.29) is 11.9 Å². The lowest BCUT2D eigenvalue weighted by molar-refractivity contribution is 0.159. The second-order valence-electron chi connectivity index (χ2n) is 8.46. The van der Waals surface area contributed by atoms with Gasteiger partial charge in [-0.1, -0.05) is 47.1 Å². The third-order valence-corrected chi connectivity index (χ3v) is 6.28. The van der Waals surface area contributed by atoms with E-state index in [0.717, 1.165) is 36.8 Å². The number of benzene rings is 2. The highest BCUT2D eigenvalue weighted by atomic mass is 35.5. The molecule has 0 aliphatic heterocycles. The second-order valence-corrected chi connectivity index (χ2v) is 8.90. The highest BCUT2D eigenvalue weighted by Crippen LogP contribution is 2.40. The molecule has 31 heavy (non-hydrogen) atoms. The first-order valence-electron chi connectivity index (χ1n) is 10.7. The molecule has 1 aliphatic carbocycles. The first-order chi connectivity index (χ1) is 15.0. The predicted molar refractivity (Wildman–Crippen MR) is 122 cm³/mol. The van der Waals surface area contributed by atoms with Crippen LogP contribution in [0.4, 0.5) is 4.39 Å². The third kappa shape index (κ3) is 5.41. The number of rotatable bonds is 6. The zero-order chi connectivity index (χ0) is 21.8. The molecule has 3 aromatic rings. The summed E-state index contributed by atoms with van der Waals surface area (Å²) in [7, 11) is 4.16. The highest BCUT2D eigenvalue weighted by molar-refractivity contribution is 6.30. The van der Waals surface area contributed by atoms with E-state index in [4.69, 9.17) is 16.1 Å². The van der Waals surface area contributed by atoms with Crippen molar-refractivity contribution >= 4 is 17.7 Å². The van der Waals surface area contributed by atoms with E-state index >= 15 is 0 Å². The standard InChI is InChI=1S/C25H27ClFN3O/c1-30(2)24(19-5-4-8-22(27)16-19)18-12-9-17(10-13-18)11-14-23-28-25(29-31-23)20-6-3-7-21(26)15-20/h3-8,11,14-18,24H,9-10,12-13H2,1-2H3. The normalized spacial score (nSPS) is 20.4. The second kappa shape index (κ2) is 9.75. The van der Waals surface area contributed by atoms with Gasteiger partial charge < -0.3 is 9.42 Å². The number of halogens is 2. The summed E-state index contributed by atoms with van der Waals surface area (Å²) in [6.07, 6.45) is 8.49. The minimum absolute atomic E-state index is 0.169. The van der Waals surface area contributed by atoms with Crippen LogP contribution in [0.25, 0.3) is 17.5 Å². The summed E-state index contributed by atoms with van der Waals surface area (Å²) < 4.78 is 19.1. The van der Waals surface area contributed by atoms with Crippen LogP contribution in [0.15, 0.2) is 59.1 Å². The van der Waals surface area contributed by atoms with Crippen molar-refractivity contribution in [2.24, 2.45) is 11.8 Å². The number of allylic oxidation sites excluding steroid dienone is 1. The molecule has 4 nitrogen and oxygen atoms in total. The van der Waals surface area contributed by atoms with Gasteiger partial charge in [0.15, 0.2) is 0 Å². The summed E-state index contributed by atoms with van der Waals surface area (Å²) in [6, 6.07) is 14.7. The maximum Gasteiger partial charge on any atom is 0.250 e. The lowest BCUT2D eigenvalue weighted by Crippen LogP contribution is -2.30. The Bertz CT molecular complexity index is 1040. The number of hydrogen-bond acceptors (Lipinski definition) is 4. The van der Waals surface area contributed by atoms with Gasteiger partial charge >= 0.3 is 0 Å². The molecular formula is C25H27ClFN3O. The van der Waals surface area contributed by atoms with Crippen molar-refractivity contribution in [1.29, 1.82) is 0 Å². The van der Waals surface area contributed by atoms with Crippen LogP contribution in [0.3, 0.4) is 0 Å². The van der Waals surface area contributed by atoms with Gasteiger partial charge in [-0.05, 0) is 87.5 Å². The fourth-order valence-corrected chi connectivity index (χ4v) is 4.79. The largest absolute Gasteiger partial charge is 0.334 e. The smallest absolute Gasteiger partial charge is 0.250 e. The molecule has 1 aliphatic rings. The van der Waals surface area contributed by atoms with Crippen molar-refractivity contribution in [1.82, 2.24) is 15.0 Å². The molecule has 0 saturated heterocycles. The zero-order valence-electron chi connectivity index (χ0n) is 17.8. The molecule has 0 N–H and O–H groups in total. The predicted octanol–water partition coefficient (Wildman–Crippen LogP) is 6.65. The van der Waals surface area contributed by atoms with E-state index in [2.05, 4.69) is 35.2 Å². The molecule has 0 amide bonds. The Morgan fingerprint density at radius 2 is 1.87 bits per heavy atom. The van der Waals surface area contributed by atoms with Crippen molar-refractivity contribution in [2.75, 3.05) is 14.1 Å². The monoisotopic (exact) mass is 439 g/mol. The van der Waals surface area contributed by atoms with Gasteiger partial charge in [0.25, 0.3) is 5.89 Å². The molecule has 1 heterocycles. The molecule has 0 spiro atoms. The molecule has 1 atom stereocenters. The van der Waals surface area contributed by atoms with E-state index in [9.17, 15) is 4.39 Å². The quantitative estimate of drug-likeness (QED) is 0.431. The maximum atomic E-state index is 13.8. The Kier molecular flexibility index (Phi) is 6.83. The van der Waals surface area contributed by atoms with Gasteiger partial charge in [0.1, 0.15) is 5.82 Å². The Labute approximate surface area is 187 Å². The minimum Gasteiger partial charge on any atom is -0.334 e.